The van der Waals surface area contributed by atoms with Gasteiger partial charge in [-0.05, 0) is 79.7 Å². The van der Waals surface area contributed by atoms with Crippen molar-refractivity contribution in [2.75, 3.05) is 33.7 Å². The van der Waals surface area contributed by atoms with Gasteiger partial charge >= 0.3 is 0 Å². The van der Waals surface area contributed by atoms with E-state index < -0.39 is 0 Å². The van der Waals surface area contributed by atoms with Crippen LogP contribution in [0.1, 0.15) is 40.0 Å². The summed E-state index contributed by atoms with van der Waals surface area (Å²) in [5.74, 6) is 0.964. The van der Waals surface area contributed by atoms with Crippen molar-refractivity contribution >= 4 is 0 Å². The summed E-state index contributed by atoms with van der Waals surface area (Å²) in [5.41, 5.74) is 0.368. The molecule has 1 heterocycles. The van der Waals surface area contributed by atoms with Gasteiger partial charge in [0.05, 0.1) is 0 Å². The molecular formula is C13H28N2. The zero-order valence-electron chi connectivity index (χ0n) is 11.2. The number of rotatable bonds is 3. The van der Waals surface area contributed by atoms with E-state index in [1.54, 1.807) is 0 Å². The van der Waals surface area contributed by atoms with Gasteiger partial charge in [0.2, 0.25) is 0 Å². The lowest BCUT2D eigenvalue weighted by molar-refractivity contribution is 0.0834. The molecule has 0 atom stereocenters. The smallest absolute Gasteiger partial charge is 0.0125 e. The molecule has 0 aromatic rings. The molecule has 1 saturated heterocycles. The number of nitrogens with zero attached hydrogens (tertiary/aromatic N) is 2. The van der Waals surface area contributed by atoms with E-state index in [-0.39, 0.29) is 0 Å². The predicted octanol–water partition coefficient (Wildman–Crippen LogP) is 2.45. The average Bonchev–Trinajstić information content (AvgIpc) is 2.14. The highest BCUT2D eigenvalue weighted by atomic mass is 15.2. The van der Waals surface area contributed by atoms with Crippen LogP contribution in [0.25, 0.3) is 0 Å². The summed E-state index contributed by atoms with van der Waals surface area (Å²) >= 11 is 0. The zero-order chi connectivity index (χ0) is 11.5. The third kappa shape index (κ3) is 4.52. The molecule has 90 valence electrons. The summed E-state index contributed by atoms with van der Waals surface area (Å²) in [6, 6.07) is 0. The molecule has 15 heavy (non-hydrogen) atoms. The van der Waals surface area contributed by atoms with Crippen LogP contribution in [0.15, 0.2) is 0 Å². The van der Waals surface area contributed by atoms with E-state index in [2.05, 4.69) is 44.7 Å². The van der Waals surface area contributed by atoms with Crippen molar-refractivity contribution in [2.45, 2.75) is 45.6 Å². The molecule has 1 aliphatic rings. The van der Waals surface area contributed by atoms with Gasteiger partial charge in [-0.15, -0.1) is 0 Å². The van der Waals surface area contributed by atoms with Gasteiger partial charge in [0.1, 0.15) is 0 Å². The van der Waals surface area contributed by atoms with Gasteiger partial charge in [0.15, 0.2) is 0 Å². The van der Waals surface area contributed by atoms with Crippen molar-refractivity contribution < 1.29 is 0 Å². The maximum Gasteiger partial charge on any atom is 0.0125 e. The van der Waals surface area contributed by atoms with Crippen LogP contribution in [-0.2, 0) is 0 Å². The summed E-state index contributed by atoms with van der Waals surface area (Å²) in [5, 5.41) is 0. The van der Waals surface area contributed by atoms with Gasteiger partial charge in [-0.2, -0.15) is 0 Å². The van der Waals surface area contributed by atoms with Gasteiger partial charge in [-0.3, -0.25) is 4.90 Å². The van der Waals surface area contributed by atoms with E-state index in [4.69, 9.17) is 0 Å². The van der Waals surface area contributed by atoms with Crippen molar-refractivity contribution in [3.8, 4) is 0 Å². The van der Waals surface area contributed by atoms with Gasteiger partial charge < -0.3 is 4.90 Å². The van der Waals surface area contributed by atoms with Crippen molar-refractivity contribution in [3.05, 3.63) is 0 Å². The third-order valence-corrected chi connectivity index (χ3v) is 3.55. The molecule has 0 saturated carbocycles. The lowest BCUT2D eigenvalue weighted by atomic mass is 9.90. The Morgan fingerprint density at radius 2 is 1.67 bits per heavy atom. The summed E-state index contributed by atoms with van der Waals surface area (Å²) in [6.07, 6.45) is 4.17. The Labute approximate surface area is 95.6 Å². The molecule has 0 N–H and O–H groups in total. The number of hydrogen-bond acceptors (Lipinski definition) is 2. The van der Waals surface area contributed by atoms with E-state index >= 15 is 0 Å². The van der Waals surface area contributed by atoms with E-state index in [9.17, 15) is 0 Å². The first-order chi connectivity index (χ1) is 6.89. The molecule has 2 nitrogen and oxygen atoms in total. The van der Waals surface area contributed by atoms with Crippen molar-refractivity contribution in [3.63, 3.8) is 0 Å². The quantitative estimate of drug-likeness (QED) is 0.709. The SMILES string of the molecule is CN(C)CCC1CCN(C(C)(C)C)CC1. The molecular weight excluding hydrogens is 184 g/mol. The molecule has 0 amide bonds. The van der Waals surface area contributed by atoms with Crippen molar-refractivity contribution in [2.24, 2.45) is 5.92 Å². The lowest BCUT2D eigenvalue weighted by Crippen LogP contribution is -2.46. The minimum Gasteiger partial charge on any atom is -0.309 e. The van der Waals surface area contributed by atoms with Crippen LogP contribution >= 0.6 is 0 Å². The van der Waals surface area contributed by atoms with E-state index in [0.717, 1.165) is 5.92 Å². The van der Waals surface area contributed by atoms with Crippen molar-refractivity contribution in [1.82, 2.24) is 9.80 Å². The van der Waals surface area contributed by atoms with Crippen LogP contribution < -0.4 is 0 Å². The topological polar surface area (TPSA) is 6.48 Å². The molecule has 0 radical (unpaired) electrons. The second-order valence-electron chi connectivity index (χ2n) is 6.19. The number of likely N-dealkylation sites (tertiary alicyclic amines) is 1. The second-order valence-corrected chi connectivity index (χ2v) is 6.19. The van der Waals surface area contributed by atoms with Gasteiger partial charge in [-0.25, -0.2) is 0 Å². The summed E-state index contributed by atoms with van der Waals surface area (Å²) in [4.78, 5) is 4.93. The third-order valence-electron chi connectivity index (χ3n) is 3.55. The molecule has 0 bridgehead atoms. The first-order valence-corrected chi connectivity index (χ1v) is 6.29. The Kier molecular flexibility index (Phi) is 4.60. The fourth-order valence-electron chi connectivity index (χ4n) is 2.33. The predicted molar refractivity (Wildman–Crippen MR) is 67.2 cm³/mol. The fraction of sp³-hybridized carbons (Fsp3) is 1.00. The normalized spacial score (nSPS) is 21.2. The van der Waals surface area contributed by atoms with Gasteiger partial charge in [0, 0.05) is 5.54 Å². The average molecular weight is 212 g/mol. The van der Waals surface area contributed by atoms with E-state index in [1.165, 1.54) is 38.9 Å². The Morgan fingerprint density at radius 1 is 1.13 bits per heavy atom. The van der Waals surface area contributed by atoms with Crippen LogP contribution in [0.5, 0.6) is 0 Å². The van der Waals surface area contributed by atoms with Gasteiger partial charge in [-0.1, -0.05) is 0 Å². The minimum atomic E-state index is 0.368. The Balaban J connectivity index is 2.24. The molecule has 0 aliphatic carbocycles. The first-order valence-electron chi connectivity index (χ1n) is 6.29. The molecule has 1 rings (SSSR count). The van der Waals surface area contributed by atoms with Crippen LogP contribution in [0.3, 0.4) is 0 Å². The molecule has 1 fully saturated rings. The largest absolute Gasteiger partial charge is 0.309 e. The molecule has 2 heteroatoms. The minimum absolute atomic E-state index is 0.368. The summed E-state index contributed by atoms with van der Waals surface area (Å²) in [7, 11) is 4.34. The number of hydrogen-bond donors (Lipinski definition) is 0. The summed E-state index contributed by atoms with van der Waals surface area (Å²) < 4.78 is 0. The monoisotopic (exact) mass is 212 g/mol. The standard InChI is InChI=1S/C13H28N2/c1-13(2,3)15-10-7-12(8-11-15)6-9-14(4)5/h12H,6-11H2,1-5H3. The maximum atomic E-state index is 2.62. The summed E-state index contributed by atoms with van der Waals surface area (Å²) in [6.45, 7) is 10.8. The highest BCUT2D eigenvalue weighted by Gasteiger charge is 2.26. The molecule has 0 unspecified atom stereocenters. The fourth-order valence-corrected chi connectivity index (χ4v) is 2.33. The van der Waals surface area contributed by atoms with Crippen LogP contribution in [0.4, 0.5) is 0 Å². The maximum absolute atomic E-state index is 2.62. The Morgan fingerprint density at radius 3 is 2.07 bits per heavy atom. The van der Waals surface area contributed by atoms with Crippen LogP contribution in [-0.4, -0.2) is 49.1 Å². The Bertz CT molecular complexity index is 173. The van der Waals surface area contributed by atoms with E-state index in [0.29, 0.717) is 5.54 Å². The lowest BCUT2D eigenvalue weighted by Gasteiger charge is -2.41. The van der Waals surface area contributed by atoms with Crippen molar-refractivity contribution in [1.29, 1.82) is 0 Å². The second kappa shape index (κ2) is 5.31. The molecule has 0 spiro atoms. The van der Waals surface area contributed by atoms with Crippen LogP contribution in [0, 0.1) is 5.92 Å². The highest BCUT2D eigenvalue weighted by molar-refractivity contribution is 4.81. The zero-order valence-corrected chi connectivity index (χ0v) is 11.2. The molecule has 0 aromatic carbocycles. The van der Waals surface area contributed by atoms with Crippen LogP contribution in [0.2, 0.25) is 0 Å². The van der Waals surface area contributed by atoms with Gasteiger partial charge in [0.25, 0.3) is 0 Å². The molecule has 1 aliphatic heterocycles. The Hall–Kier alpha value is -0.0800. The van der Waals surface area contributed by atoms with E-state index in [1.807, 2.05) is 0 Å². The highest BCUT2D eigenvalue weighted by Crippen LogP contribution is 2.25. The number of piperidine rings is 1. The molecule has 0 aromatic heterocycles. The first kappa shape index (κ1) is 13.0.